The van der Waals surface area contributed by atoms with Crippen LogP contribution in [0, 0.1) is 6.20 Å². The predicted molar refractivity (Wildman–Crippen MR) is 46.3 cm³/mol. The van der Waals surface area contributed by atoms with E-state index in [0.717, 1.165) is 10.6 Å². The Morgan fingerprint density at radius 3 is 2.67 bits per heavy atom. The number of hydrogen-bond donors (Lipinski definition) is 0. The van der Waals surface area contributed by atoms with Gasteiger partial charge < -0.3 is 0 Å². The van der Waals surface area contributed by atoms with Gasteiger partial charge in [-0.15, -0.1) is 0 Å². The molecule has 5 heteroatoms. The molecule has 4 nitrogen and oxygen atoms in total. The van der Waals surface area contributed by atoms with Crippen LogP contribution in [0.4, 0.5) is 5.69 Å². The van der Waals surface area contributed by atoms with E-state index in [4.69, 9.17) is 0 Å². The fraction of sp³-hybridized carbons (Fsp3) is 0.286. The van der Waals surface area contributed by atoms with Gasteiger partial charge in [0.25, 0.3) is 0 Å². The summed E-state index contributed by atoms with van der Waals surface area (Å²) < 4.78 is 23.1. The maximum Gasteiger partial charge on any atom is 0.232 e. The number of aromatic nitrogens is 1. The van der Waals surface area contributed by atoms with E-state index in [1.807, 2.05) is 0 Å². The van der Waals surface area contributed by atoms with Gasteiger partial charge in [0.1, 0.15) is 6.20 Å². The van der Waals surface area contributed by atoms with Crippen molar-refractivity contribution in [2.24, 2.45) is 0 Å². The Morgan fingerprint density at radius 1 is 1.58 bits per heavy atom. The van der Waals surface area contributed by atoms with Crippen LogP contribution in [-0.2, 0) is 10.0 Å². The van der Waals surface area contributed by atoms with Gasteiger partial charge >= 0.3 is 0 Å². The molecule has 1 rings (SSSR count). The first-order valence-electron chi connectivity index (χ1n) is 3.28. The molecule has 1 aromatic heterocycles. The predicted octanol–water partition coefficient (Wildman–Crippen LogP) is 0.278. The molecule has 0 bridgehead atoms. The second-order valence-electron chi connectivity index (χ2n) is 2.36. The summed E-state index contributed by atoms with van der Waals surface area (Å²) in [5, 5.41) is 0. The van der Waals surface area contributed by atoms with Crippen molar-refractivity contribution in [1.82, 2.24) is 4.98 Å². The fourth-order valence-electron chi connectivity index (χ4n) is 0.672. The van der Waals surface area contributed by atoms with Crippen LogP contribution >= 0.6 is 0 Å². The smallest absolute Gasteiger partial charge is 0.232 e. The average molecular weight is 185 g/mol. The molecule has 0 fully saturated rings. The third kappa shape index (κ3) is 1.94. The minimum Gasteiger partial charge on any atom is -0.271 e. The quantitative estimate of drug-likeness (QED) is 0.665. The van der Waals surface area contributed by atoms with Crippen LogP contribution in [0.25, 0.3) is 0 Å². The highest BCUT2D eigenvalue weighted by Crippen LogP contribution is 2.11. The highest BCUT2D eigenvalue weighted by atomic mass is 32.2. The van der Waals surface area contributed by atoms with Gasteiger partial charge in [-0.25, -0.2) is 8.42 Å². The van der Waals surface area contributed by atoms with Crippen molar-refractivity contribution in [3.8, 4) is 0 Å². The lowest BCUT2D eigenvalue weighted by molar-refractivity contribution is 0.600. The number of sulfonamides is 1. The van der Waals surface area contributed by atoms with E-state index in [1.54, 1.807) is 18.3 Å². The molecule has 1 aromatic rings. The van der Waals surface area contributed by atoms with E-state index in [-0.39, 0.29) is 0 Å². The van der Waals surface area contributed by atoms with Crippen LogP contribution in [0.1, 0.15) is 0 Å². The zero-order valence-electron chi connectivity index (χ0n) is 6.85. The van der Waals surface area contributed by atoms with E-state index >= 15 is 0 Å². The maximum atomic E-state index is 11.0. The van der Waals surface area contributed by atoms with Crippen molar-refractivity contribution >= 4 is 15.7 Å². The van der Waals surface area contributed by atoms with E-state index in [9.17, 15) is 8.42 Å². The van der Waals surface area contributed by atoms with Gasteiger partial charge in [-0.3, -0.25) is 9.29 Å². The average Bonchev–Trinajstić information content (AvgIpc) is 2.03. The molecule has 12 heavy (non-hydrogen) atoms. The van der Waals surface area contributed by atoms with E-state index in [1.165, 1.54) is 7.05 Å². The van der Waals surface area contributed by atoms with Crippen LogP contribution in [0.3, 0.4) is 0 Å². The molecular weight excluding hydrogens is 176 g/mol. The Labute approximate surface area is 71.9 Å². The Hall–Kier alpha value is -1.10. The second-order valence-corrected chi connectivity index (χ2v) is 4.38. The van der Waals surface area contributed by atoms with Gasteiger partial charge in [-0.1, -0.05) is 0 Å². The zero-order valence-corrected chi connectivity index (χ0v) is 7.67. The molecule has 0 aliphatic rings. The SMILES string of the molecule is CN(c1[c]nccc1)S(C)(=O)=O. The summed E-state index contributed by atoms with van der Waals surface area (Å²) in [6.45, 7) is 0. The van der Waals surface area contributed by atoms with Gasteiger partial charge in [0.05, 0.1) is 11.9 Å². The van der Waals surface area contributed by atoms with Crippen molar-refractivity contribution in [2.75, 3.05) is 17.6 Å². The maximum absolute atomic E-state index is 11.0. The lowest BCUT2D eigenvalue weighted by atomic mass is 10.4. The number of rotatable bonds is 2. The van der Waals surface area contributed by atoms with Crippen LogP contribution in [0.2, 0.25) is 0 Å². The second kappa shape index (κ2) is 3.10. The van der Waals surface area contributed by atoms with Crippen molar-refractivity contribution < 1.29 is 8.42 Å². The van der Waals surface area contributed by atoms with Crippen LogP contribution < -0.4 is 4.31 Å². The van der Waals surface area contributed by atoms with Gasteiger partial charge in [-0.05, 0) is 12.1 Å². The minimum absolute atomic E-state index is 0.444. The number of anilines is 1. The molecule has 0 aromatic carbocycles. The topological polar surface area (TPSA) is 50.3 Å². The minimum atomic E-state index is -3.19. The molecule has 0 aliphatic heterocycles. The van der Waals surface area contributed by atoms with Crippen molar-refractivity contribution in [2.45, 2.75) is 0 Å². The van der Waals surface area contributed by atoms with Gasteiger partial charge in [-0.2, -0.15) is 0 Å². The first-order chi connectivity index (χ1) is 5.52. The third-order valence-electron chi connectivity index (χ3n) is 1.43. The van der Waals surface area contributed by atoms with Crippen molar-refractivity contribution in [3.05, 3.63) is 24.5 Å². The van der Waals surface area contributed by atoms with Crippen LogP contribution in [-0.4, -0.2) is 26.7 Å². The lowest BCUT2D eigenvalue weighted by Crippen LogP contribution is -2.24. The van der Waals surface area contributed by atoms with Crippen LogP contribution in [0.5, 0.6) is 0 Å². The molecule has 0 amide bonds. The van der Waals surface area contributed by atoms with E-state index < -0.39 is 10.0 Å². The summed E-state index contributed by atoms with van der Waals surface area (Å²) in [7, 11) is -1.73. The standard InChI is InChI=1S/C7H9N2O2S/c1-9(12(2,10)11)7-4-3-5-8-6-7/h3-5H,1-2H3. The summed E-state index contributed by atoms with van der Waals surface area (Å²) in [5.41, 5.74) is 0.444. The monoisotopic (exact) mass is 185 g/mol. The van der Waals surface area contributed by atoms with Gasteiger partial charge in [0.2, 0.25) is 10.0 Å². The summed E-state index contributed by atoms with van der Waals surface area (Å²) in [5.74, 6) is 0. The molecule has 0 aliphatic carbocycles. The van der Waals surface area contributed by atoms with Crippen molar-refractivity contribution in [1.29, 1.82) is 0 Å². The first kappa shape index (κ1) is 8.99. The summed E-state index contributed by atoms with van der Waals surface area (Å²) >= 11 is 0. The molecule has 0 atom stereocenters. The molecule has 0 saturated heterocycles. The Bertz CT molecular complexity index is 347. The molecule has 0 unspecified atom stereocenters. The fourth-order valence-corrected chi connectivity index (χ4v) is 1.13. The van der Waals surface area contributed by atoms with Crippen LogP contribution in [0.15, 0.2) is 18.3 Å². The lowest BCUT2D eigenvalue weighted by Gasteiger charge is -2.14. The molecular formula is C7H9N2O2S. The summed E-state index contributed by atoms with van der Waals surface area (Å²) in [6, 6.07) is 3.29. The third-order valence-corrected chi connectivity index (χ3v) is 2.62. The molecule has 0 N–H and O–H groups in total. The molecule has 1 heterocycles. The number of nitrogens with zero attached hydrogens (tertiary/aromatic N) is 2. The van der Waals surface area contributed by atoms with Crippen molar-refractivity contribution in [3.63, 3.8) is 0 Å². The normalized spacial score (nSPS) is 11.2. The largest absolute Gasteiger partial charge is 0.271 e. The number of hydrogen-bond acceptors (Lipinski definition) is 3. The summed E-state index contributed by atoms with van der Waals surface area (Å²) in [6.07, 6.45) is 5.25. The van der Waals surface area contributed by atoms with Gasteiger partial charge in [0.15, 0.2) is 0 Å². The molecule has 1 radical (unpaired) electrons. The molecule has 0 saturated carbocycles. The van der Waals surface area contributed by atoms with E-state index in [0.29, 0.717) is 5.69 Å². The Kier molecular flexibility index (Phi) is 2.32. The van der Waals surface area contributed by atoms with Gasteiger partial charge in [0, 0.05) is 13.2 Å². The van der Waals surface area contributed by atoms with E-state index in [2.05, 4.69) is 11.2 Å². The molecule has 65 valence electrons. The highest BCUT2D eigenvalue weighted by Gasteiger charge is 2.10. The first-order valence-corrected chi connectivity index (χ1v) is 5.13. The summed E-state index contributed by atoms with van der Waals surface area (Å²) in [4.78, 5) is 3.69. The highest BCUT2D eigenvalue weighted by molar-refractivity contribution is 7.92. The Morgan fingerprint density at radius 2 is 2.25 bits per heavy atom. The Balaban J connectivity index is 3.02. The zero-order chi connectivity index (χ0) is 9.19. The molecule has 0 spiro atoms. The number of pyridine rings is 1.